The number of amidine groups is 1. The zero-order chi connectivity index (χ0) is 29.9. The quantitative estimate of drug-likeness (QED) is 0.153. The first-order valence-electron chi connectivity index (χ1n) is 13.3. The fourth-order valence-corrected chi connectivity index (χ4v) is 4.02. The molecule has 0 atom stereocenters. The van der Waals surface area contributed by atoms with Gasteiger partial charge in [0.2, 0.25) is 6.41 Å². The van der Waals surface area contributed by atoms with E-state index < -0.39 is 11.7 Å². The second-order valence-electron chi connectivity index (χ2n) is 10.5. The van der Waals surface area contributed by atoms with Crippen LogP contribution in [0.15, 0.2) is 60.8 Å². The van der Waals surface area contributed by atoms with Crippen molar-refractivity contribution in [1.82, 2.24) is 15.2 Å². The molecule has 1 amide bonds. The average molecular weight is 556 g/mol. The van der Waals surface area contributed by atoms with Gasteiger partial charge in [-0.25, -0.2) is 0 Å². The van der Waals surface area contributed by atoms with Crippen LogP contribution in [-0.2, 0) is 29.4 Å². The van der Waals surface area contributed by atoms with Gasteiger partial charge in [0.15, 0.2) is 0 Å². The zero-order valence-corrected chi connectivity index (χ0v) is 23.9. The number of anilines is 1. The number of benzene rings is 2. The standard InChI is InChI=1S/C19H21F3N4O.C12H19N/c1-2-26(12-27)17(24)5-3-4-13-6-8-14(9-7-13)18-16(19(20,21)22)10-15(23)11-25-18;1-12(2,3)11-7-5-10(6-8-11)9-13-4/h6-12,24H,2-5,23H2,1H3;5-8,13H,9H2,1-4H3. The molecule has 0 radical (unpaired) electrons. The number of nitrogens with zero attached hydrogens (tertiary/aromatic N) is 2. The van der Waals surface area contributed by atoms with E-state index in [0.717, 1.165) is 18.2 Å². The SMILES string of the molecule is CCN(C=O)C(=N)CCCc1ccc(-c2ncc(N)cc2C(F)(F)F)cc1.CNCc1ccc(C(C)(C)C)cc1. The highest BCUT2D eigenvalue weighted by Crippen LogP contribution is 2.37. The van der Waals surface area contributed by atoms with Crippen LogP contribution in [0, 0.1) is 5.41 Å². The Bertz CT molecular complexity index is 1230. The highest BCUT2D eigenvalue weighted by molar-refractivity contribution is 5.88. The van der Waals surface area contributed by atoms with Crippen molar-refractivity contribution >= 4 is 17.9 Å². The van der Waals surface area contributed by atoms with Gasteiger partial charge >= 0.3 is 6.18 Å². The Hall–Kier alpha value is -3.72. The minimum absolute atomic E-state index is 0.0402. The number of nitrogens with two attached hydrogens (primary N) is 1. The molecule has 6 nitrogen and oxygen atoms in total. The monoisotopic (exact) mass is 555 g/mol. The highest BCUT2D eigenvalue weighted by atomic mass is 19.4. The van der Waals surface area contributed by atoms with Crippen molar-refractivity contribution in [3.05, 3.63) is 83.0 Å². The van der Waals surface area contributed by atoms with Gasteiger partial charge in [-0.3, -0.25) is 15.2 Å². The topological polar surface area (TPSA) is 95.1 Å². The van der Waals surface area contributed by atoms with Crippen LogP contribution in [0.4, 0.5) is 18.9 Å². The number of hydrogen-bond acceptors (Lipinski definition) is 5. The van der Waals surface area contributed by atoms with E-state index in [1.54, 1.807) is 31.2 Å². The molecular weight excluding hydrogens is 515 g/mol. The molecule has 0 saturated carbocycles. The lowest BCUT2D eigenvalue weighted by molar-refractivity contribution is -0.137. The maximum Gasteiger partial charge on any atom is 0.418 e. The fraction of sp³-hybridized carbons (Fsp3) is 0.387. The average Bonchev–Trinajstić information content (AvgIpc) is 2.90. The number of alkyl halides is 3. The molecule has 0 saturated heterocycles. The van der Waals surface area contributed by atoms with Gasteiger partial charge in [0.05, 0.1) is 23.1 Å². The molecule has 1 aromatic heterocycles. The second kappa shape index (κ2) is 14.6. The summed E-state index contributed by atoms with van der Waals surface area (Å²) in [4.78, 5) is 16.0. The zero-order valence-electron chi connectivity index (χ0n) is 23.9. The molecule has 1 heterocycles. The highest BCUT2D eigenvalue weighted by Gasteiger charge is 2.34. The molecule has 3 rings (SSSR count). The van der Waals surface area contributed by atoms with E-state index in [9.17, 15) is 18.0 Å². The lowest BCUT2D eigenvalue weighted by Crippen LogP contribution is -2.28. The van der Waals surface area contributed by atoms with E-state index in [4.69, 9.17) is 11.1 Å². The van der Waals surface area contributed by atoms with E-state index in [-0.39, 0.29) is 22.6 Å². The van der Waals surface area contributed by atoms with Gasteiger partial charge in [0.1, 0.15) is 5.84 Å². The third kappa shape index (κ3) is 9.79. The van der Waals surface area contributed by atoms with Gasteiger partial charge in [0.25, 0.3) is 0 Å². The Morgan fingerprint density at radius 3 is 2.15 bits per heavy atom. The maximum atomic E-state index is 13.2. The molecule has 0 unspecified atom stereocenters. The normalized spacial score (nSPS) is 11.4. The van der Waals surface area contributed by atoms with Crippen molar-refractivity contribution in [3.8, 4) is 11.3 Å². The molecule has 0 aliphatic rings. The summed E-state index contributed by atoms with van der Waals surface area (Å²) in [6.07, 6.45) is -0.936. The number of amides is 1. The Labute approximate surface area is 235 Å². The molecule has 0 aliphatic carbocycles. The first-order chi connectivity index (χ1) is 18.8. The number of aryl methyl sites for hydroxylation is 1. The third-order valence-corrected chi connectivity index (χ3v) is 6.34. The third-order valence-electron chi connectivity index (χ3n) is 6.34. The summed E-state index contributed by atoms with van der Waals surface area (Å²) in [5, 5.41) is 11.0. The summed E-state index contributed by atoms with van der Waals surface area (Å²) >= 11 is 0. The Morgan fingerprint density at radius 1 is 1.05 bits per heavy atom. The molecule has 0 aliphatic heterocycles. The first-order valence-corrected chi connectivity index (χ1v) is 13.3. The number of nitrogens with one attached hydrogen (secondary N) is 2. The van der Waals surface area contributed by atoms with E-state index >= 15 is 0 Å². The Balaban J connectivity index is 0.000000360. The molecule has 0 spiro atoms. The molecule has 4 N–H and O–H groups in total. The molecule has 9 heteroatoms. The van der Waals surface area contributed by atoms with E-state index in [1.165, 1.54) is 22.2 Å². The molecule has 0 bridgehead atoms. The summed E-state index contributed by atoms with van der Waals surface area (Å²) in [5.41, 5.74) is 8.67. The van der Waals surface area contributed by atoms with E-state index in [2.05, 4.69) is 55.3 Å². The number of carbonyl (C=O) groups excluding carboxylic acids is 1. The smallest absolute Gasteiger partial charge is 0.397 e. The van der Waals surface area contributed by atoms with Crippen molar-refractivity contribution < 1.29 is 18.0 Å². The molecule has 40 heavy (non-hydrogen) atoms. The van der Waals surface area contributed by atoms with Gasteiger partial charge in [0, 0.05) is 25.1 Å². The lowest BCUT2D eigenvalue weighted by Gasteiger charge is -2.19. The maximum absolute atomic E-state index is 13.2. The van der Waals surface area contributed by atoms with Crippen molar-refractivity contribution in [1.29, 1.82) is 5.41 Å². The summed E-state index contributed by atoms with van der Waals surface area (Å²) in [6, 6.07) is 16.4. The molecular formula is C31H40F3N5O. The van der Waals surface area contributed by atoms with Crippen LogP contribution < -0.4 is 11.1 Å². The number of aromatic nitrogens is 1. The van der Waals surface area contributed by atoms with Gasteiger partial charge in [-0.05, 0) is 55.0 Å². The summed E-state index contributed by atoms with van der Waals surface area (Å²) in [6.45, 7) is 9.90. The summed E-state index contributed by atoms with van der Waals surface area (Å²) in [5.74, 6) is 0.255. The van der Waals surface area contributed by atoms with Crippen molar-refractivity contribution in [2.75, 3.05) is 19.3 Å². The minimum Gasteiger partial charge on any atom is -0.397 e. The van der Waals surface area contributed by atoms with Crippen molar-refractivity contribution in [3.63, 3.8) is 0 Å². The number of pyridine rings is 1. The van der Waals surface area contributed by atoms with Crippen LogP contribution in [-0.4, -0.2) is 35.7 Å². The van der Waals surface area contributed by atoms with E-state index in [1.807, 2.05) is 7.05 Å². The van der Waals surface area contributed by atoms with Gasteiger partial charge in [-0.1, -0.05) is 69.3 Å². The number of nitrogen functional groups attached to an aromatic ring is 1. The predicted octanol–water partition coefficient (Wildman–Crippen LogP) is 6.83. The number of halogens is 3. The Morgan fingerprint density at radius 2 is 1.65 bits per heavy atom. The van der Waals surface area contributed by atoms with E-state index in [0.29, 0.717) is 37.8 Å². The van der Waals surface area contributed by atoms with Gasteiger partial charge < -0.3 is 16.0 Å². The van der Waals surface area contributed by atoms with Crippen LogP contribution in [0.2, 0.25) is 0 Å². The van der Waals surface area contributed by atoms with Crippen LogP contribution in [0.3, 0.4) is 0 Å². The van der Waals surface area contributed by atoms with Gasteiger partial charge in [-0.15, -0.1) is 0 Å². The second-order valence-corrected chi connectivity index (χ2v) is 10.5. The molecule has 3 aromatic rings. The predicted molar refractivity (Wildman–Crippen MR) is 156 cm³/mol. The lowest BCUT2D eigenvalue weighted by atomic mass is 9.87. The molecule has 216 valence electrons. The van der Waals surface area contributed by atoms with Gasteiger partial charge in [-0.2, -0.15) is 13.2 Å². The van der Waals surface area contributed by atoms with Crippen molar-refractivity contribution in [2.45, 2.75) is 65.1 Å². The van der Waals surface area contributed by atoms with Crippen LogP contribution in [0.5, 0.6) is 0 Å². The molecule has 2 aromatic carbocycles. The number of carbonyl (C=O) groups is 1. The van der Waals surface area contributed by atoms with Crippen LogP contribution >= 0.6 is 0 Å². The Kier molecular flexibility index (Phi) is 11.9. The summed E-state index contributed by atoms with van der Waals surface area (Å²) < 4.78 is 39.6. The molecule has 0 fully saturated rings. The summed E-state index contributed by atoms with van der Waals surface area (Å²) in [7, 11) is 1.97. The first kappa shape index (κ1) is 32.5. The largest absolute Gasteiger partial charge is 0.418 e. The minimum atomic E-state index is -4.54. The van der Waals surface area contributed by atoms with Crippen LogP contribution in [0.25, 0.3) is 11.3 Å². The number of rotatable bonds is 9. The van der Waals surface area contributed by atoms with Crippen LogP contribution in [0.1, 0.15) is 62.8 Å². The van der Waals surface area contributed by atoms with Crippen molar-refractivity contribution in [2.24, 2.45) is 0 Å². The fourth-order valence-electron chi connectivity index (χ4n) is 4.02. The number of hydrogen-bond donors (Lipinski definition) is 3.